The zero-order valence-electron chi connectivity index (χ0n) is 15.9. The van der Waals surface area contributed by atoms with Gasteiger partial charge in [0, 0.05) is 12.0 Å². The van der Waals surface area contributed by atoms with Crippen molar-refractivity contribution in [2.45, 2.75) is 38.0 Å². The Morgan fingerprint density at radius 2 is 2.15 bits per heavy atom. The molecule has 1 saturated heterocycles. The average Bonchev–Trinajstić information content (AvgIpc) is 3.38. The molecule has 6 heteroatoms. The summed E-state index contributed by atoms with van der Waals surface area (Å²) in [5.41, 5.74) is 2.02. The van der Waals surface area contributed by atoms with Crippen LogP contribution in [0.3, 0.4) is 0 Å². The number of para-hydroxylation sites is 1. The van der Waals surface area contributed by atoms with E-state index >= 15 is 0 Å². The summed E-state index contributed by atoms with van der Waals surface area (Å²) in [5.74, 6) is 1.75. The van der Waals surface area contributed by atoms with Crippen LogP contribution in [0.1, 0.15) is 42.7 Å². The molecule has 1 aromatic carbocycles. The van der Waals surface area contributed by atoms with Gasteiger partial charge in [0.2, 0.25) is 5.72 Å². The largest absolute Gasteiger partial charge is 0.493 e. The number of ether oxygens (including phenoxy) is 2. The third kappa shape index (κ3) is 2.65. The van der Waals surface area contributed by atoms with Crippen LogP contribution in [0.5, 0.6) is 11.5 Å². The van der Waals surface area contributed by atoms with Gasteiger partial charge in [0.1, 0.15) is 0 Å². The van der Waals surface area contributed by atoms with Crippen molar-refractivity contribution in [3.63, 3.8) is 0 Å². The lowest BCUT2D eigenvalue weighted by atomic mass is 9.91. The predicted octanol–water partition coefficient (Wildman–Crippen LogP) is 2.70. The number of rotatable bonds is 3. The van der Waals surface area contributed by atoms with E-state index in [9.17, 15) is 0 Å². The Balaban J connectivity index is 1.59. The van der Waals surface area contributed by atoms with E-state index in [1.165, 1.54) is 22.7 Å². The number of methoxy groups -OCH3 is 1. The van der Waals surface area contributed by atoms with Crippen molar-refractivity contribution in [2.24, 2.45) is 5.10 Å². The van der Waals surface area contributed by atoms with Crippen LogP contribution in [-0.4, -0.2) is 43.2 Å². The molecule has 0 unspecified atom stereocenters. The molecule has 5 nitrogen and oxygen atoms in total. The number of hydrazone groups is 1. The number of hydrogen-bond acceptors (Lipinski definition) is 5. The molecule has 1 N–H and O–H groups in total. The van der Waals surface area contributed by atoms with Gasteiger partial charge in [-0.25, -0.2) is 5.01 Å². The van der Waals surface area contributed by atoms with Crippen LogP contribution in [0.25, 0.3) is 0 Å². The Hall–Kier alpha value is -2.05. The number of fused-ring (bicyclic) bond motifs is 4. The highest BCUT2D eigenvalue weighted by Crippen LogP contribution is 2.52. The molecule has 1 spiro atoms. The maximum atomic E-state index is 6.74. The van der Waals surface area contributed by atoms with E-state index in [-0.39, 0.29) is 11.8 Å². The zero-order valence-corrected chi connectivity index (χ0v) is 16.7. The lowest BCUT2D eigenvalue weighted by molar-refractivity contribution is -0.906. The Kier molecular flexibility index (Phi) is 4.13. The lowest BCUT2D eigenvalue weighted by Gasteiger charge is -2.50. The minimum atomic E-state index is -0.357. The molecule has 0 bridgehead atoms. The van der Waals surface area contributed by atoms with Crippen LogP contribution in [0, 0.1) is 0 Å². The van der Waals surface area contributed by atoms with Crippen molar-refractivity contribution in [3.05, 3.63) is 46.2 Å². The number of piperidine rings is 1. The molecule has 3 aliphatic heterocycles. The van der Waals surface area contributed by atoms with Crippen molar-refractivity contribution in [1.29, 1.82) is 0 Å². The molecule has 142 valence electrons. The number of thiophene rings is 1. The van der Waals surface area contributed by atoms with Crippen molar-refractivity contribution in [3.8, 4) is 11.5 Å². The molecule has 4 heterocycles. The summed E-state index contributed by atoms with van der Waals surface area (Å²) >= 11 is 1.77. The van der Waals surface area contributed by atoms with E-state index < -0.39 is 0 Å². The first-order chi connectivity index (χ1) is 13.2. The molecule has 0 amide bonds. The fraction of sp³-hybridized carbons (Fsp3) is 0.476. The van der Waals surface area contributed by atoms with Gasteiger partial charge in [0.25, 0.3) is 0 Å². The standard InChI is InChI=1S/C21H25N3O2S/c1-3-23-11-9-21(10-12-23)24-17(14-16(22-24)19-8-5-13-27-19)15-6-4-7-18(25-2)20(15)26-21/h4-8,13,17H,3,9-12,14H2,1-2H3/p+1/t17-/m1/s1. The fourth-order valence-corrected chi connectivity index (χ4v) is 5.42. The molecule has 27 heavy (non-hydrogen) atoms. The highest BCUT2D eigenvalue weighted by Gasteiger charge is 2.53. The predicted molar refractivity (Wildman–Crippen MR) is 107 cm³/mol. The molecule has 1 aromatic heterocycles. The second-order valence-electron chi connectivity index (χ2n) is 7.62. The van der Waals surface area contributed by atoms with Gasteiger partial charge >= 0.3 is 0 Å². The minimum Gasteiger partial charge on any atom is -0.493 e. The van der Waals surface area contributed by atoms with Gasteiger partial charge in [-0.2, -0.15) is 5.10 Å². The van der Waals surface area contributed by atoms with E-state index in [1.54, 1.807) is 23.3 Å². The van der Waals surface area contributed by atoms with Gasteiger partial charge in [0.05, 0.1) is 56.2 Å². The van der Waals surface area contributed by atoms with Crippen molar-refractivity contribution >= 4 is 17.0 Å². The van der Waals surface area contributed by atoms with E-state index in [1.807, 2.05) is 6.07 Å². The average molecular weight is 385 g/mol. The molecular weight excluding hydrogens is 358 g/mol. The Labute approximate surface area is 164 Å². The Morgan fingerprint density at radius 1 is 1.30 bits per heavy atom. The van der Waals surface area contributed by atoms with Crippen LogP contribution in [0.4, 0.5) is 0 Å². The molecule has 0 radical (unpaired) electrons. The molecule has 5 rings (SSSR count). The maximum Gasteiger partial charge on any atom is 0.209 e. The third-order valence-electron chi connectivity index (χ3n) is 6.25. The smallest absolute Gasteiger partial charge is 0.209 e. The van der Waals surface area contributed by atoms with Gasteiger partial charge in [-0.05, 0) is 24.4 Å². The second kappa shape index (κ2) is 6.53. The third-order valence-corrected chi connectivity index (χ3v) is 7.17. The van der Waals surface area contributed by atoms with Crippen molar-refractivity contribution < 1.29 is 14.4 Å². The molecule has 3 aliphatic rings. The lowest BCUT2D eigenvalue weighted by Crippen LogP contribution is -3.13. The molecule has 0 saturated carbocycles. The van der Waals surface area contributed by atoms with Gasteiger partial charge < -0.3 is 14.4 Å². The number of quaternary nitrogens is 1. The normalized spacial score (nSPS) is 29.1. The fourth-order valence-electron chi connectivity index (χ4n) is 4.70. The molecule has 2 aromatic rings. The van der Waals surface area contributed by atoms with Crippen LogP contribution >= 0.6 is 11.3 Å². The quantitative estimate of drug-likeness (QED) is 0.884. The van der Waals surface area contributed by atoms with Crippen molar-refractivity contribution in [1.82, 2.24) is 5.01 Å². The number of likely N-dealkylation sites (tertiary alicyclic amines) is 1. The van der Waals surface area contributed by atoms with Crippen LogP contribution < -0.4 is 14.4 Å². The summed E-state index contributed by atoms with van der Waals surface area (Å²) in [6.07, 6.45) is 2.91. The summed E-state index contributed by atoms with van der Waals surface area (Å²) in [6.45, 7) is 5.67. The molecule has 1 atom stereocenters. The first-order valence-electron chi connectivity index (χ1n) is 9.84. The maximum absolute atomic E-state index is 6.74. The van der Waals surface area contributed by atoms with Crippen LogP contribution in [-0.2, 0) is 0 Å². The highest BCUT2D eigenvalue weighted by molar-refractivity contribution is 7.12. The topological polar surface area (TPSA) is 38.5 Å². The van der Waals surface area contributed by atoms with E-state index in [0.717, 1.165) is 43.9 Å². The molecular formula is C21H26N3O2S+. The summed E-state index contributed by atoms with van der Waals surface area (Å²) in [7, 11) is 1.73. The van der Waals surface area contributed by atoms with Crippen LogP contribution in [0.2, 0.25) is 0 Å². The summed E-state index contributed by atoms with van der Waals surface area (Å²) in [4.78, 5) is 2.91. The Bertz CT molecular complexity index is 856. The second-order valence-corrected chi connectivity index (χ2v) is 8.57. The van der Waals surface area contributed by atoms with Crippen LogP contribution in [0.15, 0.2) is 40.8 Å². The van der Waals surface area contributed by atoms with Gasteiger partial charge in [0.15, 0.2) is 11.5 Å². The minimum absolute atomic E-state index is 0.226. The molecule has 1 fully saturated rings. The zero-order chi connectivity index (χ0) is 18.4. The highest BCUT2D eigenvalue weighted by atomic mass is 32.1. The van der Waals surface area contributed by atoms with E-state index in [4.69, 9.17) is 14.6 Å². The number of benzene rings is 1. The Morgan fingerprint density at radius 3 is 2.85 bits per heavy atom. The first-order valence-corrected chi connectivity index (χ1v) is 10.7. The van der Waals surface area contributed by atoms with Gasteiger partial charge in [-0.1, -0.05) is 18.2 Å². The number of nitrogens with zero attached hydrogens (tertiary/aromatic N) is 2. The first kappa shape index (κ1) is 17.1. The molecule has 0 aliphatic carbocycles. The number of hydrogen-bond donors (Lipinski definition) is 1. The summed E-state index contributed by atoms with van der Waals surface area (Å²) in [6, 6.07) is 10.7. The summed E-state index contributed by atoms with van der Waals surface area (Å²) < 4.78 is 12.4. The number of nitrogens with one attached hydrogen (secondary N) is 1. The SMILES string of the molecule is CC[NH+]1CCC2(CC1)Oc1c(OC)cccc1[C@H]1CC(c3cccs3)=NN12. The van der Waals surface area contributed by atoms with Gasteiger partial charge in [-0.15, -0.1) is 11.3 Å². The van der Waals surface area contributed by atoms with E-state index in [0.29, 0.717) is 0 Å². The monoisotopic (exact) mass is 384 g/mol. The van der Waals surface area contributed by atoms with Gasteiger partial charge in [-0.3, -0.25) is 0 Å². The van der Waals surface area contributed by atoms with Crippen molar-refractivity contribution in [2.75, 3.05) is 26.7 Å². The van der Waals surface area contributed by atoms with E-state index in [2.05, 4.69) is 41.6 Å². The summed E-state index contributed by atoms with van der Waals surface area (Å²) in [5, 5.41) is 9.53.